The van der Waals surface area contributed by atoms with E-state index in [2.05, 4.69) is 15.5 Å². The molecule has 0 radical (unpaired) electrons. The van der Waals surface area contributed by atoms with Crippen LogP contribution in [0.4, 0.5) is 5.69 Å². The predicted molar refractivity (Wildman–Crippen MR) is 125 cm³/mol. The molecule has 0 unspecified atom stereocenters. The summed E-state index contributed by atoms with van der Waals surface area (Å²) in [5, 5.41) is 12.3. The van der Waals surface area contributed by atoms with Crippen LogP contribution in [-0.4, -0.2) is 40.3 Å². The first-order chi connectivity index (χ1) is 16.2. The van der Waals surface area contributed by atoms with E-state index in [1.165, 1.54) is 11.8 Å². The summed E-state index contributed by atoms with van der Waals surface area (Å²) in [6.07, 6.45) is 0. The summed E-state index contributed by atoms with van der Waals surface area (Å²) in [7, 11) is 1.59. The number of anilines is 1. The molecule has 4 aromatic rings. The van der Waals surface area contributed by atoms with Crippen molar-refractivity contribution >= 4 is 23.4 Å². The van der Waals surface area contributed by atoms with Gasteiger partial charge in [-0.05, 0) is 42.5 Å². The Hall–Kier alpha value is -3.98. The highest BCUT2D eigenvalue weighted by Gasteiger charge is 2.20. The van der Waals surface area contributed by atoms with E-state index in [4.69, 9.17) is 14.2 Å². The molecule has 0 saturated heterocycles. The first-order valence-corrected chi connectivity index (χ1v) is 11.2. The minimum absolute atomic E-state index is 0.152. The van der Waals surface area contributed by atoms with Crippen LogP contribution in [0.2, 0.25) is 0 Å². The van der Waals surface area contributed by atoms with E-state index in [0.717, 1.165) is 11.3 Å². The minimum atomic E-state index is -0.152. The SMILES string of the molecule is COc1cccc(NC(=O)CSc2nnc(-c3ccc4c(c3)OCO4)n2-c2ccccc2)c1. The van der Waals surface area contributed by atoms with Crippen molar-refractivity contribution in [2.75, 3.05) is 25.0 Å². The molecule has 8 nitrogen and oxygen atoms in total. The van der Waals surface area contributed by atoms with Gasteiger partial charge in [0.1, 0.15) is 5.75 Å². The van der Waals surface area contributed by atoms with E-state index in [0.29, 0.717) is 33.9 Å². The number of ether oxygens (including phenoxy) is 3. The van der Waals surface area contributed by atoms with Crippen molar-refractivity contribution in [2.45, 2.75) is 5.16 Å². The van der Waals surface area contributed by atoms with Gasteiger partial charge in [-0.3, -0.25) is 9.36 Å². The fourth-order valence-electron chi connectivity index (χ4n) is 3.42. The number of amides is 1. The van der Waals surface area contributed by atoms with Crippen molar-refractivity contribution < 1.29 is 19.0 Å². The zero-order valence-corrected chi connectivity index (χ0v) is 18.5. The summed E-state index contributed by atoms with van der Waals surface area (Å²) < 4.78 is 18.1. The smallest absolute Gasteiger partial charge is 0.234 e. The number of thioether (sulfide) groups is 1. The van der Waals surface area contributed by atoms with Crippen molar-refractivity contribution in [3.8, 4) is 34.3 Å². The first-order valence-electron chi connectivity index (χ1n) is 10.2. The molecule has 166 valence electrons. The van der Waals surface area contributed by atoms with Crippen LogP contribution in [-0.2, 0) is 4.79 Å². The third kappa shape index (κ3) is 4.49. The average molecular weight is 461 g/mol. The van der Waals surface area contributed by atoms with Crippen LogP contribution in [0.15, 0.2) is 78.0 Å². The second-order valence-electron chi connectivity index (χ2n) is 7.11. The first kappa shape index (κ1) is 20.9. The van der Waals surface area contributed by atoms with E-state index in [-0.39, 0.29) is 18.5 Å². The number of hydrogen-bond donors (Lipinski definition) is 1. The maximum absolute atomic E-state index is 12.6. The van der Waals surface area contributed by atoms with Gasteiger partial charge >= 0.3 is 0 Å². The Morgan fingerprint density at radius 3 is 2.73 bits per heavy atom. The molecule has 9 heteroatoms. The van der Waals surface area contributed by atoms with Crippen LogP contribution in [0, 0.1) is 0 Å². The molecule has 1 aromatic heterocycles. The molecule has 3 aromatic carbocycles. The maximum atomic E-state index is 12.6. The highest BCUT2D eigenvalue weighted by Crippen LogP contribution is 2.37. The number of hydrogen-bond acceptors (Lipinski definition) is 7. The van der Waals surface area contributed by atoms with Gasteiger partial charge in [-0.25, -0.2) is 0 Å². The number of carbonyl (C=O) groups is 1. The number of aromatic nitrogens is 3. The highest BCUT2D eigenvalue weighted by molar-refractivity contribution is 7.99. The Morgan fingerprint density at radius 2 is 1.88 bits per heavy atom. The summed E-state index contributed by atoms with van der Waals surface area (Å²) >= 11 is 1.31. The topological polar surface area (TPSA) is 87.5 Å². The van der Waals surface area contributed by atoms with Gasteiger partial charge in [-0.15, -0.1) is 10.2 Å². The molecule has 0 bridgehead atoms. The third-order valence-electron chi connectivity index (χ3n) is 4.96. The molecule has 1 N–H and O–H groups in total. The Bertz CT molecular complexity index is 1290. The van der Waals surface area contributed by atoms with Crippen molar-refractivity contribution in [3.63, 3.8) is 0 Å². The number of benzene rings is 3. The molecule has 0 aliphatic carbocycles. The number of nitrogens with one attached hydrogen (secondary N) is 1. The summed E-state index contributed by atoms with van der Waals surface area (Å²) in [6.45, 7) is 0.202. The van der Waals surface area contributed by atoms with Crippen LogP contribution in [0.25, 0.3) is 17.1 Å². The zero-order chi connectivity index (χ0) is 22.6. The second-order valence-corrected chi connectivity index (χ2v) is 8.06. The Kier molecular flexibility index (Phi) is 5.86. The fourth-order valence-corrected chi connectivity index (χ4v) is 4.18. The van der Waals surface area contributed by atoms with Gasteiger partial charge < -0.3 is 19.5 Å². The molecule has 1 aliphatic rings. The molecular formula is C24H20N4O4S. The van der Waals surface area contributed by atoms with E-state index < -0.39 is 0 Å². The standard InChI is InChI=1S/C24H20N4O4S/c1-30-19-9-5-6-17(13-19)25-22(29)14-33-24-27-26-23(28(24)18-7-3-2-4-8-18)16-10-11-20-21(12-16)32-15-31-20/h2-13H,14-15H2,1H3,(H,25,29). The van der Waals surface area contributed by atoms with Gasteiger partial charge in [-0.1, -0.05) is 36.0 Å². The summed E-state index contributed by atoms with van der Waals surface area (Å²) in [4.78, 5) is 12.6. The molecule has 0 fully saturated rings. The molecule has 1 aliphatic heterocycles. The number of nitrogens with zero attached hydrogens (tertiary/aromatic N) is 3. The molecule has 0 saturated carbocycles. The van der Waals surface area contributed by atoms with Gasteiger partial charge in [0.2, 0.25) is 12.7 Å². The molecule has 0 atom stereocenters. The van der Waals surface area contributed by atoms with Gasteiger partial charge in [0.05, 0.1) is 12.9 Å². The van der Waals surface area contributed by atoms with E-state index in [1.54, 1.807) is 13.2 Å². The minimum Gasteiger partial charge on any atom is -0.497 e. The van der Waals surface area contributed by atoms with Gasteiger partial charge in [0, 0.05) is 23.0 Å². The third-order valence-corrected chi connectivity index (χ3v) is 5.89. The van der Waals surface area contributed by atoms with Gasteiger partial charge in [0.15, 0.2) is 22.5 Å². The van der Waals surface area contributed by atoms with Crippen molar-refractivity contribution in [3.05, 3.63) is 72.8 Å². The number of fused-ring (bicyclic) bond motifs is 1. The normalized spacial score (nSPS) is 11.9. The lowest BCUT2D eigenvalue weighted by Crippen LogP contribution is -2.14. The molecule has 33 heavy (non-hydrogen) atoms. The molecular weight excluding hydrogens is 440 g/mol. The van der Waals surface area contributed by atoms with E-state index >= 15 is 0 Å². The predicted octanol–water partition coefficient (Wildman–Crippen LogP) is 4.40. The number of methoxy groups -OCH3 is 1. The fraction of sp³-hybridized carbons (Fsp3) is 0.125. The van der Waals surface area contributed by atoms with E-state index in [1.807, 2.05) is 71.3 Å². The van der Waals surface area contributed by atoms with Crippen LogP contribution >= 0.6 is 11.8 Å². The van der Waals surface area contributed by atoms with Crippen molar-refractivity contribution in [1.29, 1.82) is 0 Å². The van der Waals surface area contributed by atoms with Crippen molar-refractivity contribution in [2.24, 2.45) is 0 Å². The largest absolute Gasteiger partial charge is 0.497 e. The highest BCUT2D eigenvalue weighted by atomic mass is 32.2. The molecule has 5 rings (SSSR count). The molecule has 0 spiro atoms. The lowest BCUT2D eigenvalue weighted by molar-refractivity contribution is -0.113. The Balaban J connectivity index is 1.40. The quantitative estimate of drug-likeness (QED) is 0.409. The van der Waals surface area contributed by atoms with Crippen LogP contribution in [0.1, 0.15) is 0 Å². The Morgan fingerprint density at radius 1 is 1.03 bits per heavy atom. The summed E-state index contributed by atoms with van der Waals surface area (Å²) in [6, 6.07) is 22.7. The maximum Gasteiger partial charge on any atom is 0.234 e. The van der Waals surface area contributed by atoms with Gasteiger partial charge in [-0.2, -0.15) is 0 Å². The zero-order valence-electron chi connectivity index (χ0n) is 17.7. The molecule has 1 amide bonds. The number of para-hydroxylation sites is 1. The van der Waals surface area contributed by atoms with Crippen LogP contribution in [0.5, 0.6) is 17.2 Å². The van der Waals surface area contributed by atoms with Crippen molar-refractivity contribution in [1.82, 2.24) is 14.8 Å². The summed E-state index contributed by atoms with van der Waals surface area (Å²) in [5.41, 5.74) is 2.40. The monoisotopic (exact) mass is 460 g/mol. The summed E-state index contributed by atoms with van der Waals surface area (Å²) in [5.74, 6) is 2.72. The lowest BCUT2D eigenvalue weighted by atomic mass is 10.2. The van der Waals surface area contributed by atoms with Gasteiger partial charge in [0.25, 0.3) is 0 Å². The number of rotatable bonds is 7. The lowest BCUT2D eigenvalue weighted by Gasteiger charge is -2.11. The second kappa shape index (κ2) is 9.25. The molecule has 2 heterocycles. The average Bonchev–Trinajstić information content (AvgIpc) is 3.50. The number of carbonyl (C=O) groups excluding carboxylic acids is 1. The Labute approximate surface area is 194 Å². The van der Waals surface area contributed by atoms with Crippen LogP contribution < -0.4 is 19.5 Å². The van der Waals surface area contributed by atoms with Crippen LogP contribution in [0.3, 0.4) is 0 Å². The van der Waals surface area contributed by atoms with E-state index in [9.17, 15) is 4.79 Å².